The number of rotatable bonds is 4. The van der Waals surface area contributed by atoms with Gasteiger partial charge in [-0.25, -0.2) is 0 Å². The highest BCUT2D eigenvalue weighted by atomic mass is 16.6. The van der Waals surface area contributed by atoms with Crippen LogP contribution in [-0.4, -0.2) is 10.1 Å². The second kappa shape index (κ2) is 3.85. The standard InChI is InChI=1S/C7H10N2O3/c1-2-3-4-6-5-7(8-12-6)9(10)11/h5H,2-4H2,1H3. The van der Waals surface area contributed by atoms with Crippen LogP contribution in [0.1, 0.15) is 25.5 Å². The highest BCUT2D eigenvalue weighted by Crippen LogP contribution is 2.12. The summed E-state index contributed by atoms with van der Waals surface area (Å²) in [7, 11) is 0. The Labute approximate surface area is 69.5 Å². The third kappa shape index (κ3) is 2.05. The number of aromatic nitrogens is 1. The largest absolute Gasteiger partial charge is 0.413 e. The van der Waals surface area contributed by atoms with Gasteiger partial charge in [0, 0.05) is 6.42 Å². The molecule has 0 atom stereocenters. The summed E-state index contributed by atoms with van der Waals surface area (Å²) in [6.45, 7) is 2.05. The van der Waals surface area contributed by atoms with Gasteiger partial charge in [0.05, 0.1) is 6.07 Å². The van der Waals surface area contributed by atoms with E-state index in [1.54, 1.807) is 0 Å². The third-order valence-corrected chi connectivity index (χ3v) is 1.51. The van der Waals surface area contributed by atoms with E-state index in [4.69, 9.17) is 4.52 Å². The van der Waals surface area contributed by atoms with Crippen molar-refractivity contribution in [2.45, 2.75) is 26.2 Å². The molecule has 1 aromatic rings. The Kier molecular flexibility index (Phi) is 2.79. The maximum Gasteiger partial charge on any atom is 0.413 e. The number of nitrogens with zero attached hydrogens (tertiary/aromatic N) is 2. The summed E-state index contributed by atoms with van der Waals surface area (Å²) < 4.78 is 4.74. The minimum Gasteiger partial charge on any atom is -0.358 e. The van der Waals surface area contributed by atoms with Crippen molar-refractivity contribution >= 4 is 5.82 Å². The van der Waals surface area contributed by atoms with Gasteiger partial charge in [0.15, 0.2) is 10.9 Å². The summed E-state index contributed by atoms with van der Waals surface area (Å²) in [4.78, 5) is 9.61. The molecule has 0 unspecified atom stereocenters. The van der Waals surface area contributed by atoms with Gasteiger partial charge in [-0.1, -0.05) is 13.3 Å². The molecule has 0 aliphatic rings. The number of hydrogen-bond donors (Lipinski definition) is 0. The maximum atomic E-state index is 10.2. The first-order chi connectivity index (χ1) is 5.74. The van der Waals surface area contributed by atoms with Gasteiger partial charge in [-0.3, -0.25) is 4.52 Å². The Bertz CT molecular complexity index is 269. The van der Waals surface area contributed by atoms with Crippen LogP contribution in [0.15, 0.2) is 10.6 Å². The van der Waals surface area contributed by atoms with Gasteiger partial charge in [0.2, 0.25) is 0 Å². The van der Waals surface area contributed by atoms with Crippen LogP contribution < -0.4 is 0 Å². The Morgan fingerprint density at radius 2 is 2.50 bits per heavy atom. The highest BCUT2D eigenvalue weighted by Gasteiger charge is 2.13. The normalized spacial score (nSPS) is 10.1. The summed E-state index contributed by atoms with van der Waals surface area (Å²) in [5.41, 5.74) is 0. The molecule has 0 aliphatic carbocycles. The fraction of sp³-hybridized carbons (Fsp3) is 0.571. The Morgan fingerprint density at radius 3 is 3.00 bits per heavy atom. The maximum absolute atomic E-state index is 10.2. The van der Waals surface area contributed by atoms with E-state index in [0.717, 1.165) is 19.3 Å². The monoisotopic (exact) mass is 170 g/mol. The van der Waals surface area contributed by atoms with Crippen molar-refractivity contribution in [1.82, 2.24) is 5.16 Å². The zero-order valence-corrected chi connectivity index (χ0v) is 6.82. The summed E-state index contributed by atoms with van der Waals surface area (Å²) in [5, 5.41) is 13.5. The summed E-state index contributed by atoms with van der Waals surface area (Å²) in [5.74, 6) is 0.379. The molecule has 5 nitrogen and oxygen atoms in total. The quantitative estimate of drug-likeness (QED) is 0.511. The van der Waals surface area contributed by atoms with Crippen molar-refractivity contribution in [3.8, 4) is 0 Å². The SMILES string of the molecule is CCCCc1cc([N+](=O)[O-])no1. The molecule has 0 bridgehead atoms. The fourth-order valence-corrected chi connectivity index (χ4v) is 0.857. The lowest BCUT2D eigenvalue weighted by Gasteiger charge is -1.86. The number of nitro groups is 1. The van der Waals surface area contributed by atoms with Crippen molar-refractivity contribution in [3.63, 3.8) is 0 Å². The summed E-state index contributed by atoms with van der Waals surface area (Å²) in [6, 6.07) is 1.37. The molecule has 1 rings (SSSR count). The van der Waals surface area contributed by atoms with E-state index in [0.29, 0.717) is 5.76 Å². The average Bonchev–Trinajstić information content (AvgIpc) is 2.48. The molecule has 0 saturated carbocycles. The lowest BCUT2D eigenvalue weighted by atomic mass is 10.2. The first-order valence-corrected chi connectivity index (χ1v) is 3.84. The van der Waals surface area contributed by atoms with E-state index >= 15 is 0 Å². The van der Waals surface area contributed by atoms with Crippen molar-refractivity contribution in [3.05, 3.63) is 21.9 Å². The van der Waals surface area contributed by atoms with Crippen LogP contribution in [0, 0.1) is 10.1 Å². The highest BCUT2D eigenvalue weighted by molar-refractivity contribution is 5.17. The van der Waals surface area contributed by atoms with Crippen molar-refractivity contribution < 1.29 is 9.45 Å². The topological polar surface area (TPSA) is 69.2 Å². The molecule has 0 radical (unpaired) electrons. The zero-order chi connectivity index (χ0) is 8.97. The lowest BCUT2D eigenvalue weighted by molar-refractivity contribution is -0.390. The molecule has 0 fully saturated rings. The molecule has 0 spiro atoms. The van der Waals surface area contributed by atoms with Crippen LogP contribution in [0.4, 0.5) is 5.82 Å². The van der Waals surface area contributed by atoms with Gasteiger partial charge < -0.3 is 10.1 Å². The zero-order valence-electron chi connectivity index (χ0n) is 6.82. The Balaban J connectivity index is 2.58. The second-order valence-electron chi connectivity index (χ2n) is 2.51. The molecule has 5 heteroatoms. The van der Waals surface area contributed by atoms with Gasteiger partial charge in [-0.05, 0) is 11.3 Å². The molecule has 0 saturated heterocycles. The number of aryl methyl sites for hydroxylation is 1. The lowest BCUT2D eigenvalue weighted by Crippen LogP contribution is -1.85. The van der Waals surface area contributed by atoms with Crippen LogP contribution in [0.2, 0.25) is 0 Å². The van der Waals surface area contributed by atoms with Crippen molar-refractivity contribution in [2.24, 2.45) is 0 Å². The van der Waals surface area contributed by atoms with Crippen LogP contribution in [0.5, 0.6) is 0 Å². The van der Waals surface area contributed by atoms with E-state index in [2.05, 4.69) is 5.16 Å². The molecule has 0 aromatic carbocycles. The van der Waals surface area contributed by atoms with Crippen molar-refractivity contribution in [1.29, 1.82) is 0 Å². The predicted molar refractivity (Wildman–Crippen MR) is 41.8 cm³/mol. The summed E-state index contributed by atoms with van der Waals surface area (Å²) >= 11 is 0. The van der Waals surface area contributed by atoms with Crippen LogP contribution in [-0.2, 0) is 6.42 Å². The van der Waals surface area contributed by atoms with E-state index in [9.17, 15) is 10.1 Å². The van der Waals surface area contributed by atoms with Gasteiger partial charge in [-0.2, -0.15) is 0 Å². The van der Waals surface area contributed by atoms with E-state index < -0.39 is 4.92 Å². The number of hydrogen-bond acceptors (Lipinski definition) is 4. The van der Waals surface area contributed by atoms with Crippen LogP contribution >= 0.6 is 0 Å². The number of unbranched alkanes of at least 4 members (excludes halogenated alkanes) is 1. The third-order valence-electron chi connectivity index (χ3n) is 1.51. The summed E-state index contributed by atoms with van der Waals surface area (Å²) in [6.07, 6.45) is 2.72. The molecule has 0 aliphatic heterocycles. The molecular weight excluding hydrogens is 160 g/mol. The van der Waals surface area contributed by atoms with Crippen molar-refractivity contribution in [2.75, 3.05) is 0 Å². The molecule has 1 aromatic heterocycles. The Hall–Kier alpha value is -1.39. The smallest absolute Gasteiger partial charge is 0.358 e. The van der Waals surface area contributed by atoms with E-state index in [1.807, 2.05) is 6.92 Å². The van der Waals surface area contributed by atoms with E-state index in [1.165, 1.54) is 6.07 Å². The van der Waals surface area contributed by atoms with E-state index in [-0.39, 0.29) is 5.82 Å². The minimum atomic E-state index is -0.557. The Morgan fingerprint density at radius 1 is 1.75 bits per heavy atom. The fourth-order valence-electron chi connectivity index (χ4n) is 0.857. The van der Waals surface area contributed by atoms with Crippen LogP contribution in [0.25, 0.3) is 0 Å². The van der Waals surface area contributed by atoms with Crippen LogP contribution in [0.3, 0.4) is 0 Å². The van der Waals surface area contributed by atoms with Gasteiger partial charge in [0.25, 0.3) is 0 Å². The van der Waals surface area contributed by atoms with Gasteiger partial charge in [0.1, 0.15) is 0 Å². The first kappa shape index (κ1) is 8.70. The molecule has 0 amide bonds. The predicted octanol–water partition coefficient (Wildman–Crippen LogP) is 1.93. The van der Waals surface area contributed by atoms with Gasteiger partial charge >= 0.3 is 5.82 Å². The van der Waals surface area contributed by atoms with Gasteiger partial charge in [-0.15, -0.1) is 0 Å². The second-order valence-corrected chi connectivity index (χ2v) is 2.51. The first-order valence-electron chi connectivity index (χ1n) is 3.84. The molecule has 0 N–H and O–H groups in total. The molecule has 1 heterocycles. The molecule has 66 valence electrons. The minimum absolute atomic E-state index is 0.207. The molecular formula is C7H10N2O3. The average molecular weight is 170 g/mol. The molecule has 12 heavy (non-hydrogen) atoms.